The molecule has 39 heavy (non-hydrogen) atoms. The van der Waals surface area contributed by atoms with E-state index in [2.05, 4.69) is 24.9 Å². The van der Waals surface area contributed by atoms with Crippen molar-refractivity contribution >= 4 is 42.4 Å². The van der Waals surface area contributed by atoms with Crippen molar-refractivity contribution in [1.82, 2.24) is 20.3 Å². The van der Waals surface area contributed by atoms with Crippen LogP contribution in [0.3, 0.4) is 0 Å². The van der Waals surface area contributed by atoms with Gasteiger partial charge in [0, 0.05) is 43.7 Å². The summed E-state index contributed by atoms with van der Waals surface area (Å²) in [6, 6.07) is 15.9. The smallest absolute Gasteiger partial charge is 0.261 e. The van der Waals surface area contributed by atoms with Crippen molar-refractivity contribution in [2.45, 2.75) is 23.8 Å². The van der Waals surface area contributed by atoms with E-state index in [9.17, 15) is 16.8 Å². The van der Waals surface area contributed by atoms with Gasteiger partial charge in [0.25, 0.3) is 10.0 Å². The third kappa shape index (κ3) is 6.88. The topological polar surface area (TPSA) is 134 Å². The molecule has 0 aliphatic carbocycles. The molecule has 0 unspecified atom stereocenters. The van der Waals surface area contributed by atoms with E-state index < -0.39 is 19.9 Å². The van der Waals surface area contributed by atoms with Gasteiger partial charge in [-0.3, -0.25) is 14.7 Å². The van der Waals surface area contributed by atoms with E-state index in [-0.39, 0.29) is 16.7 Å². The molecule has 0 saturated carbocycles. The van der Waals surface area contributed by atoms with Gasteiger partial charge >= 0.3 is 0 Å². The predicted molar refractivity (Wildman–Crippen MR) is 153 cm³/mol. The van der Waals surface area contributed by atoms with Crippen LogP contribution < -0.4 is 14.9 Å². The van der Waals surface area contributed by atoms with Gasteiger partial charge in [0.05, 0.1) is 39.8 Å². The monoisotopic (exact) mass is 566 g/mol. The molecule has 1 fully saturated rings. The minimum atomic E-state index is -3.73. The molecule has 1 aliphatic rings. The number of rotatable bonds is 9. The fraction of sp³-hybridized carbons (Fsp3) is 0.296. The third-order valence-electron chi connectivity index (χ3n) is 6.63. The first-order valence-corrected chi connectivity index (χ1v) is 16.2. The second-order valence-corrected chi connectivity index (χ2v) is 13.6. The maximum atomic E-state index is 12.7. The van der Waals surface area contributed by atoms with Gasteiger partial charge in [-0.25, -0.2) is 21.8 Å². The van der Waals surface area contributed by atoms with Crippen LogP contribution in [-0.4, -0.2) is 69.5 Å². The molecule has 0 radical (unpaired) electrons. The van der Waals surface area contributed by atoms with E-state index in [0.29, 0.717) is 12.2 Å². The zero-order chi connectivity index (χ0) is 27.5. The highest BCUT2D eigenvalue weighted by Crippen LogP contribution is 2.27. The van der Waals surface area contributed by atoms with Gasteiger partial charge < -0.3 is 10.2 Å². The van der Waals surface area contributed by atoms with E-state index in [4.69, 9.17) is 4.98 Å². The number of hydrogen-bond acceptors (Lipinski definition) is 9. The summed E-state index contributed by atoms with van der Waals surface area (Å²) in [5.74, 6) is 0.931. The summed E-state index contributed by atoms with van der Waals surface area (Å²) >= 11 is 0. The Morgan fingerprint density at radius 2 is 1.67 bits per heavy atom. The lowest BCUT2D eigenvalue weighted by atomic mass is 10.1. The lowest BCUT2D eigenvalue weighted by Gasteiger charge is -2.33. The highest BCUT2D eigenvalue weighted by Gasteiger charge is 2.21. The van der Waals surface area contributed by atoms with Crippen LogP contribution in [-0.2, 0) is 19.9 Å². The molecule has 2 aromatic carbocycles. The quantitative estimate of drug-likeness (QED) is 0.313. The molecule has 2 aromatic heterocycles. The maximum Gasteiger partial charge on any atom is 0.261 e. The summed E-state index contributed by atoms with van der Waals surface area (Å²) in [5.41, 5.74) is 3.45. The van der Waals surface area contributed by atoms with Crippen LogP contribution >= 0.6 is 0 Å². The molecular weight excluding hydrogens is 536 g/mol. The Bertz CT molecular complexity index is 1670. The van der Waals surface area contributed by atoms with Crippen LogP contribution in [0.25, 0.3) is 22.2 Å². The molecule has 3 heterocycles. The van der Waals surface area contributed by atoms with Crippen molar-refractivity contribution in [1.29, 1.82) is 0 Å². The summed E-state index contributed by atoms with van der Waals surface area (Å²) < 4.78 is 50.8. The Kier molecular flexibility index (Phi) is 7.78. The molecule has 10 nitrogen and oxygen atoms in total. The number of aromatic nitrogens is 3. The van der Waals surface area contributed by atoms with E-state index in [1.54, 1.807) is 36.7 Å². The Morgan fingerprint density at radius 1 is 0.897 bits per heavy atom. The van der Waals surface area contributed by atoms with Crippen molar-refractivity contribution in [2.24, 2.45) is 0 Å². The van der Waals surface area contributed by atoms with Crippen LogP contribution in [0.15, 0.2) is 78.1 Å². The van der Waals surface area contributed by atoms with Gasteiger partial charge in [0.1, 0.15) is 15.7 Å². The molecule has 1 saturated heterocycles. The number of hydrogen-bond donors (Lipinski definition) is 2. The van der Waals surface area contributed by atoms with Gasteiger partial charge in [0.2, 0.25) is 0 Å². The van der Waals surface area contributed by atoms with Crippen LogP contribution in [0.5, 0.6) is 0 Å². The zero-order valence-electron chi connectivity index (χ0n) is 21.5. The summed E-state index contributed by atoms with van der Waals surface area (Å²) in [7, 11) is -6.70. The fourth-order valence-corrected chi connectivity index (χ4v) is 6.11. The van der Waals surface area contributed by atoms with Gasteiger partial charge in [-0.1, -0.05) is 24.3 Å². The number of piperidine rings is 1. The number of benzene rings is 2. The highest BCUT2D eigenvalue weighted by molar-refractivity contribution is 7.92. The Balaban J connectivity index is 1.29. The van der Waals surface area contributed by atoms with Crippen LogP contribution in [0.2, 0.25) is 0 Å². The molecule has 0 spiro atoms. The lowest BCUT2D eigenvalue weighted by Crippen LogP contribution is -2.44. The summed E-state index contributed by atoms with van der Waals surface area (Å²) in [6.07, 6.45) is 7.96. The standard InChI is InChI=1S/C27H30N6O4S2/c1-38(34,35)14-11-29-22-9-12-33(13-10-22)27-19-30-25-8-7-20(16-26(25)31-27)21-15-23(18-28-17-21)32-39(36,37)24-5-3-2-4-6-24/h2-8,15-19,22,29,32H,9-14H2,1H3. The van der Waals surface area contributed by atoms with Crippen LogP contribution in [0.4, 0.5) is 11.5 Å². The third-order valence-corrected chi connectivity index (χ3v) is 8.97. The van der Waals surface area contributed by atoms with Crippen molar-refractivity contribution in [3.8, 4) is 11.1 Å². The average Bonchev–Trinajstić information content (AvgIpc) is 2.92. The van der Waals surface area contributed by atoms with E-state index in [0.717, 1.165) is 53.9 Å². The zero-order valence-corrected chi connectivity index (χ0v) is 23.1. The number of sulfonamides is 1. The first-order valence-electron chi connectivity index (χ1n) is 12.6. The molecule has 4 aromatic rings. The molecular formula is C27H30N6O4S2. The average molecular weight is 567 g/mol. The lowest BCUT2D eigenvalue weighted by molar-refractivity contribution is 0.422. The predicted octanol–water partition coefficient (Wildman–Crippen LogP) is 3.10. The molecule has 5 rings (SSSR count). The number of fused-ring (bicyclic) bond motifs is 1. The highest BCUT2D eigenvalue weighted by atomic mass is 32.2. The Morgan fingerprint density at radius 3 is 2.41 bits per heavy atom. The van der Waals surface area contributed by atoms with Crippen molar-refractivity contribution < 1.29 is 16.8 Å². The Hall–Kier alpha value is -3.61. The SMILES string of the molecule is CS(=O)(=O)CCNC1CCN(c2cnc3ccc(-c4cncc(NS(=O)(=O)c5ccccc5)c4)cc3n2)CC1. The maximum absolute atomic E-state index is 12.7. The minimum absolute atomic E-state index is 0.142. The molecule has 0 atom stereocenters. The molecule has 0 bridgehead atoms. The van der Waals surface area contributed by atoms with E-state index >= 15 is 0 Å². The van der Waals surface area contributed by atoms with Crippen LogP contribution in [0, 0.1) is 0 Å². The normalized spacial score (nSPS) is 14.9. The second-order valence-electron chi connectivity index (χ2n) is 9.66. The van der Waals surface area contributed by atoms with Gasteiger partial charge in [0.15, 0.2) is 0 Å². The molecule has 204 valence electrons. The number of anilines is 2. The summed E-state index contributed by atoms with van der Waals surface area (Å²) in [5, 5.41) is 3.34. The first-order chi connectivity index (χ1) is 18.7. The Labute approximate surface area is 228 Å². The van der Waals surface area contributed by atoms with E-state index in [1.165, 1.54) is 24.6 Å². The van der Waals surface area contributed by atoms with Gasteiger partial charge in [-0.2, -0.15) is 0 Å². The second kappa shape index (κ2) is 11.2. The first kappa shape index (κ1) is 27.0. The van der Waals surface area contributed by atoms with Crippen LogP contribution in [0.1, 0.15) is 12.8 Å². The molecule has 12 heteroatoms. The number of nitrogens with one attached hydrogen (secondary N) is 2. The molecule has 2 N–H and O–H groups in total. The number of nitrogens with zero attached hydrogens (tertiary/aromatic N) is 4. The summed E-state index contributed by atoms with van der Waals surface area (Å²) in [6.45, 7) is 2.06. The van der Waals surface area contributed by atoms with Crippen molar-refractivity contribution in [2.75, 3.05) is 41.3 Å². The van der Waals surface area contributed by atoms with Gasteiger partial charge in [-0.05, 0) is 48.7 Å². The number of pyridine rings is 1. The summed E-state index contributed by atoms with van der Waals surface area (Å²) in [4.78, 5) is 16.1. The van der Waals surface area contributed by atoms with Crippen molar-refractivity contribution in [3.63, 3.8) is 0 Å². The molecule has 1 aliphatic heterocycles. The van der Waals surface area contributed by atoms with Crippen molar-refractivity contribution in [3.05, 3.63) is 73.2 Å². The fourth-order valence-electron chi connectivity index (χ4n) is 4.56. The largest absolute Gasteiger partial charge is 0.355 e. The van der Waals surface area contributed by atoms with E-state index in [1.807, 2.05) is 18.2 Å². The minimum Gasteiger partial charge on any atom is -0.355 e. The van der Waals surface area contributed by atoms with Gasteiger partial charge in [-0.15, -0.1) is 0 Å². The number of sulfone groups is 1. The molecule has 0 amide bonds.